The lowest BCUT2D eigenvalue weighted by atomic mass is 9.90. The Morgan fingerprint density at radius 1 is 1.05 bits per heavy atom. The summed E-state index contributed by atoms with van der Waals surface area (Å²) in [7, 11) is 1.82. The van der Waals surface area contributed by atoms with Crippen LogP contribution in [0.15, 0.2) is 42.5 Å². The summed E-state index contributed by atoms with van der Waals surface area (Å²) < 4.78 is 18.1. The molecule has 3 aromatic rings. The Kier molecular flexibility index (Phi) is 8.36. The topological polar surface area (TPSA) is 64.1 Å². The number of aryl methyl sites for hydroxylation is 1. The molecular weight excluding hydrogens is 513 g/mol. The van der Waals surface area contributed by atoms with E-state index < -0.39 is 0 Å². The van der Waals surface area contributed by atoms with E-state index in [1.54, 1.807) is 4.90 Å². The lowest BCUT2D eigenvalue weighted by Gasteiger charge is -2.36. The number of fused-ring (bicyclic) bond motifs is 4. The molecule has 3 aliphatic rings. The van der Waals surface area contributed by atoms with Crippen molar-refractivity contribution in [3.8, 4) is 17.2 Å². The second-order valence-corrected chi connectivity index (χ2v) is 9.98. The molecule has 4 heterocycles. The normalized spacial score (nSPS) is 20.9. The third-order valence-electron chi connectivity index (χ3n) is 7.33. The van der Waals surface area contributed by atoms with Gasteiger partial charge in [0.05, 0.1) is 11.2 Å². The van der Waals surface area contributed by atoms with E-state index in [1.165, 1.54) is 18.4 Å². The largest absolute Gasteiger partial charge is 0.486 e. The number of ether oxygens (including phenoxy) is 3. The summed E-state index contributed by atoms with van der Waals surface area (Å²) in [4.78, 5) is 20.9. The number of hydrogen-bond donors (Lipinski definition) is 0. The molecule has 1 fully saturated rings. The van der Waals surface area contributed by atoms with Crippen molar-refractivity contribution in [3.05, 3.63) is 53.7 Å². The summed E-state index contributed by atoms with van der Waals surface area (Å²) in [6.07, 6.45) is 3.37. The van der Waals surface area contributed by atoms with Gasteiger partial charge in [-0.2, -0.15) is 0 Å². The number of hydrogen-bond acceptors (Lipinski definition) is 6. The monoisotopic (exact) mass is 545 g/mol. The number of carbonyl (C=O) groups is 1. The fraction of sp³-hybridized carbons (Fsp3) is 0.429. The zero-order valence-electron chi connectivity index (χ0n) is 21.1. The number of benzene rings is 2. The van der Waals surface area contributed by atoms with Gasteiger partial charge in [0.25, 0.3) is 5.91 Å². The number of halogens is 2. The number of likely N-dealkylation sites (tertiary alicyclic amines) is 1. The summed E-state index contributed by atoms with van der Waals surface area (Å²) >= 11 is 0. The molecule has 0 saturated carbocycles. The first kappa shape index (κ1) is 27.3. The van der Waals surface area contributed by atoms with E-state index in [9.17, 15) is 4.79 Å². The Bertz CT molecular complexity index is 1290. The quantitative estimate of drug-likeness (QED) is 0.467. The average molecular weight is 546 g/mol. The van der Waals surface area contributed by atoms with E-state index in [4.69, 9.17) is 14.2 Å². The highest BCUT2D eigenvalue weighted by atomic mass is 35.5. The highest BCUT2D eigenvalue weighted by molar-refractivity contribution is 5.97. The molecular formula is C28H33Cl2N3O4. The molecule has 1 amide bonds. The maximum Gasteiger partial charge on any atom is 0.264 e. The number of amides is 1. The molecule has 37 heavy (non-hydrogen) atoms. The fourth-order valence-corrected chi connectivity index (χ4v) is 5.52. The minimum atomic E-state index is -0.00606. The molecule has 198 valence electrons. The van der Waals surface area contributed by atoms with Gasteiger partial charge in [0.15, 0.2) is 18.1 Å². The molecule has 0 radical (unpaired) electrons. The number of anilines is 1. The van der Waals surface area contributed by atoms with Crippen LogP contribution >= 0.6 is 24.8 Å². The molecule has 7 nitrogen and oxygen atoms in total. The Balaban J connectivity index is 0.00000160. The molecule has 0 N–H and O–H groups in total. The number of aromatic nitrogens is 1. The lowest BCUT2D eigenvalue weighted by molar-refractivity contribution is -0.120. The van der Waals surface area contributed by atoms with Crippen LogP contribution in [-0.4, -0.2) is 61.8 Å². The van der Waals surface area contributed by atoms with Crippen molar-refractivity contribution < 1.29 is 19.0 Å². The molecule has 6 rings (SSSR count). The Morgan fingerprint density at radius 3 is 2.76 bits per heavy atom. The van der Waals surface area contributed by atoms with E-state index in [0.717, 1.165) is 65.6 Å². The number of rotatable bonds is 4. The first-order valence-electron chi connectivity index (χ1n) is 12.5. The zero-order chi connectivity index (χ0) is 23.9. The van der Waals surface area contributed by atoms with Crippen LogP contribution in [0, 0.1) is 12.8 Å². The third kappa shape index (κ3) is 5.59. The predicted molar refractivity (Wildman–Crippen MR) is 149 cm³/mol. The molecule has 0 aliphatic carbocycles. The van der Waals surface area contributed by atoms with Gasteiger partial charge in [-0.05, 0) is 80.6 Å². The van der Waals surface area contributed by atoms with Crippen LogP contribution in [0.25, 0.3) is 10.9 Å². The second kappa shape index (κ2) is 11.3. The van der Waals surface area contributed by atoms with Gasteiger partial charge in [-0.3, -0.25) is 14.7 Å². The molecule has 1 aromatic heterocycles. The number of likely N-dealkylation sites (N-methyl/N-ethyl adjacent to an activating group) is 1. The van der Waals surface area contributed by atoms with E-state index in [1.807, 2.05) is 38.2 Å². The van der Waals surface area contributed by atoms with E-state index >= 15 is 0 Å². The number of carbonyl (C=O) groups excluding carboxylic acids is 1. The van der Waals surface area contributed by atoms with Gasteiger partial charge in [-0.25, -0.2) is 0 Å². The van der Waals surface area contributed by atoms with Crippen LogP contribution in [0.5, 0.6) is 17.2 Å². The van der Waals surface area contributed by atoms with Gasteiger partial charge in [0.1, 0.15) is 18.5 Å². The van der Waals surface area contributed by atoms with Gasteiger partial charge in [0.2, 0.25) is 0 Å². The van der Waals surface area contributed by atoms with Gasteiger partial charge in [-0.1, -0.05) is 6.07 Å². The van der Waals surface area contributed by atoms with E-state index in [-0.39, 0.29) is 43.4 Å². The molecule has 9 heteroatoms. The Morgan fingerprint density at radius 2 is 1.89 bits per heavy atom. The molecule has 2 atom stereocenters. The Hall–Kier alpha value is -2.74. The number of nitrogens with zero attached hydrogens (tertiary/aromatic N) is 3. The fourth-order valence-electron chi connectivity index (χ4n) is 5.52. The molecule has 0 bridgehead atoms. The minimum absolute atomic E-state index is 0. The van der Waals surface area contributed by atoms with Gasteiger partial charge >= 0.3 is 0 Å². The van der Waals surface area contributed by atoms with Crippen LogP contribution in [0.4, 0.5) is 5.69 Å². The lowest BCUT2D eigenvalue weighted by Crippen LogP contribution is -2.45. The smallest absolute Gasteiger partial charge is 0.264 e. The summed E-state index contributed by atoms with van der Waals surface area (Å²) in [6.45, 7) is 5.64. The molecule has 1 unspecified atom stereocenters. The van der Waals surface area contributed by atoms with E-state index in [0.29, 0.717) is 12.5 Å². The highest BCUT2D eigenvalue weighted by Crippen LogP contribution is 2.39. The van der Waals surface area contributed by atoms with Crippen molar-refractivity contribution in [1.82, 2.24) is 9.88 Å². The van der Waals surface area contributed by atoms with Crippen molar-refractivity contribution in [1.29, 1.82) is 0 Å². The van der Waals surface area contributed by atoms with Gasteiger partial charge in [0, 0.05) is 31.2 Å². The third-order valence-corrected chi connectivity index (χ3v) is 7.33. The maximum absolute atomic E-state index is 12.0. The molecule has 1 saturated heterocycles. The second-order valence-electron chi connectivity index (χ2n) is 9.98. The summed E-state index contributed by atoms with van der Waals surface area (Å²) in [5.74, 6) is 2.96. The van der Waals surface area contributed by atoms with Crippen molar-refractivity contribution >= 4 is 47.3 Å². The average Bonchev–Trinajstić information content (AvgIpc) is 2.86. The molecule has 3 aliphatic heterocycles. The molecule has 0 spiro atoms. The summed E-state index contributed by atoms with van der Waals surface area (Å²) in [5.41, 5.74) is 4.06. The van der Waals surface area contributed by atoms with Crippen molar-refractivity contribution in [2.24, 2.45) is 5.92 Å². The van der Waals surface area contributed by atoms with Crippen LogP contribution in [-0.2, 0) is 11.2 Å². The maximum atomic E-state index is 12.0. The van der Waals surface area contributed by atoms with Crippen LogP contribution in [0.2, 0.25) is 0 Å². The number of piperidine rings is 1. The minimum Gasteiger partial charge on any atom is -0.486 e. The van der Waals surface area contributed by atoms with Crippen LogP contribution in [0.3, 0.4) is 0 Å². The zero-order valence-corrected chi connectivity index (χ0v) is 22.8. The van der Waals surface area contributed by atoms with E-state index in [2.05, 4.69) is 28.1 Å². The SMILES string of the molecule is Cc1ccc2c3c(ccc2n1)OC[C@H](CN1CCCC(Cc2ccc4c(c2)N(C)C(=O)CO4)C1)O3.Cl.Cl. The van der Waals surface area contributed by atoms with Crippen molar-refractivity contribution in [2.45, 2.75) is 32.3 Å². The standard InChI is InChI=1S/C28H31N3O4.2ClH/c1-18-5-7-22-23(29-18)8-10-26-28(22)35-21(16-33-26)15-31-11-3-4-20(14-31)12-19-6-9-25-24(13-19)30(2)27(32)17-34-25;;/h5-10,13,20-21H,3-4,11-12,14-17H2,1-2H3;2*1H/t20?,21-;;/m0../s1. The van der Waals surface area contributed by atoms with Gasteiger partial charge in [-0.15, -0.1) is 24.8 Å². The van der Waals surface area contributed by atoms with Crippen LogP contribution in [0.1, 0.15) is 24.1 Å². The first-order valence-corrected chi connectivity index (χ1v) is 12.5. The van der Waals surface area contributed by atoms with Crippen LogP contribution < -0.4 is 19.1 Å². The summed E-state index contributed by atoms with van der Waals surface area (Å²) in [6, 6.07) is 14.3. The first-order chi connectivity index (χ1) is 17.0. The highest BCUT2D eigenvalue weighted by Gasteiger charge is 2.29. The predicted octanol–water partition coefficient (Wildman–Crippen LogP) is 4.84. The molecule has 2 aromatic carbocycles. The number of pyridine rings is 1. The van der Waals surface area contributed by atoms with Gasteiger partial charge < -0.3 is 19.1 Å². The Labute approximate surface area is 229 Å². The summed E-state index contributed by atoms with van der Waals surface area (Å²) in [5, 5.41) is 1.01. The van der Waals surface area contributed by atoms with Crippen molar-refractivity contribution in [2.75, 3.05) is 44.8 Å². The van der Waals surface area contributed by atoms with Crippen molar-refractivity contribution in [3.63, 3.8) is 0 Å².